The summed E-state index contributed by atoms with van der Waals surface area (Å²) < 4.78 is 1.08. The first-order valence-corrected chi connectivity index (χ1v) is 9.41. The summed E-state index contributed by atoms with van der Waals surface area (Å²) in [6.07, 6.45) is 1.92. The normalized spacial score (nSPS) is 11.8. The summed E-state index contributed by atoms with van der Waals surface area (Å²) in [6.45, 7) is 0. The van der Waals surface area contributed by atoms with Crippen LogP contribution in [0.1, 0.15) is 24.0 Å². The van der Waals surface area contributed by atoms with Gasteiger partial charge in [0.15, 0.2) is 0 Å². The summed E-state index contributed by atoms with van der Waals surface area (Å²) in [5.41, 5.74) is 1.95. The minimum atomic E-state index is -1.03. The highest BCUT2D eigenvalue weighted by molar-refractivity contribution is 14.1. The number of aliphatic carboxylic acids is 1. The molecule has 0 saturated heterocycles. The molecule has 2 aromatic rings. The van der Waals surface area contributed by atoms with Gasteiger partial charge in [0.1, 0.15) is 6.04 Å². The minimum absolute atomic E-state index is 0.250. The average Bonchev–Trinajstić information content (AvgIpc) is 2.56. The second-order valence-corrected chi connectivity index (χ2v) is 7.45. The standard InChI is InChI=1S/C19H19ClINO3/c20-15-5-1-3-13(11-15)4-2-6-18(23)22-17(19(24)25)12-14-7-9-16(21)10-8-14/h1,3,5,7-11,17H,2,4,6,12H2,(H,22,23)(H,24,25). The third-order valence-electron chi connectivity index (χ3n) is 3.74. The Bertz CT molecular complexity index is 734. The second kappa shape index (κ2) is 9.77. The van der Waals surface area contributed by atoms with E-state index in [1.165, 1.54) is 0 Å². The molecule has 0 aliphatic heterocycles. The van der Waals surface area contributed by atoms with Gasteiger partial charge < -0.3 is 10.4 Å². The molecular formula is C19H19ClINO3. The van der Waals surface area contributed by atoms with E-state index in [0.29, 0.717) is 11.4 Å². The summed E-state index contributed by atoms with van der Waals surface area (Å²) in [5, 5.41) is 12.6. The molecule has 0 heterocycles. The maximum atomic E-state index is 12.1. The monoisotopic (exact) mass is 471 g/mol. The van der Waals surface area contributed by atoms with Gasteiger partial charge in [-0.05, 0) is 70.8 Å². The maximum absolute atomic E-state index is 12.1. The average molecular weight is 472 g/mol. The van der Waals surface area contributed by atoms with Gasteiger partial charge in [0, 0.05) is 21.4 Å². The highest BCUT2D eigenvalue weighted by Gasteiger charge is 2.20. The zero-order valence-electron chi connectivity index (χ0n) is 13.5. The number of amides is 1. The first-order chi connectivity index (χ1) is 11.9. The molecule has 2 aromatic carbocycles. The summed E-state index contributed by atoms with van der Waals surface area (Å²) in [5.74, 6) is -1.28. The highest BCUT2D eigenvalue weighted by Crippen LogP contribution is 2.13. The molecule has 0 aliphatic carbocycles. The van der Waals surface area contributed by atoms with Gasteiger partial charge in [0.05, 0.1) is 0 Å². The number of carboxylic acid groups (broad SMARTS) is 1. The Morgan fingerprint density at radius 3 is 2.48 bits per heavy atom. The molecule has 1 unspecified atom stereocenters. The lowest BCUT2D eigenvalue weighted by Crippen LogP contribution is -2.42. The lowest BCUT2D eigenvalue weighted by Gasteiger charge is -2.15. The van der Waals surface area contributed by atoms with E-state index >= 15 is 0 Å². The maximum Gasteiger partial charge on any atom is 0.326 e. The van der Waals surface area contributed by atoms with E-state index in [1.807, 2.05) is 42.5 Å². The number of hydrogen-bond acceptors (Lipinski definition) is 2. The van der Waals surface area contributed by atoms with E-state index in [-0.39, 0.29) is 18.7 Å². The van der Waals surface area contributed by atoms with Crippen LogP contribution in [0.2, 0.25) is 5.02 Å². The SMILES string of the molecule is O=C(CCCc1cccc(Cl)c1)NC(Cc1ccc(I)cc1)C(=O)O. The molecule has 132 valence electrons. The minimum Gasteiger partial charge on any atom is -0.480 e. The first-order valence-electron chi connectivity index (χ1n) is 7.95. The van der Waals surface area contributed by atoms with Crippen molar-refractivity contribution in [1.29, 1.82) is 0 Å². The van der Waals surface area contributed by atoms with E-state index in [1.54, 1.807) is 6.07 Å². The molecule has 0 aromatic heterocycles. The fourth-order valence-corrected chi connectivity index (χ4v) is 3.04. The van der Waals surface area contributed by atoms with Crippen molar-refractivity contribution < 1.29 is 14.7 Å². The van der Waals surface area contributed by atoms with Crippen molar-refractivity contribution in [3.05, 3.63) is 68.3 Å². The van der Waals surface area contributed by atoms with Crippen LogP contribution in [-0.2, 0) is 22.4 Å². The molecule has 0 bridgehead atoms. The van der Waals surface area contributed by atoms with Crippen molar-refractivity contribution in [2.75, 3.05) is 0 Å². The van der Waals surface area contributed by atoms with Crippen LogP contribution in [0.5, 0.6) is 0 Å². The van der Waals surface area contributed by atoms with Gasteiger partial charge in [-0.3, -0.25) is 4.79 Å². The number of aryl methyl sites for hydroxylation is 1. The predicted molar refractivity (Wildman–Crippen MR) is 107 cm³/mol. The summed E-state index contributed by atoms with van der Waals surface area (Å²) >= 11 is 8.12. The molecule has 2 rings (SSSR count). The molecule has 1 amide bonds. The molecule has 0 fully saturated rings. The predicted octanol–water partition coefficient (Wildman–Crippen LogP) is 4.08. The first kappa shape index (κ1) is 19.7. The Hall–Kier alpha value is -1.60. The molecule has 0 aliphatic rings. The van der Waals surface area contributed by atoms with E-state index in [4.69, 9.17) is 11.6 Å². The molecule has 0 spiro atoms. The Morgan fingerprint density at radius 2 is 1.84 bits per heavy atom. The second-order valence-electron chi connectivity index (χ2n) is 5.77. The van der Waals surface area contributed by atoms with E-state index in [2.05, 4.69) is 27.9 Å². The highest BCUT2D eigenvalue weighted by atomic mass is 127. The Morgan fingerprint density at radius 1 is 1.12 bits per heavy atom. The van der Waals surface area contributed by atoms with Crippen molar-refractivity contribution in [1.82, 2.24) is 5.32 Å². The Balaban J connectivity index is 1.83. The smallest absolute Gasteiger partial charge is 0.326 e. The van der Waals surface area contributed by atoms with Crippen molar-refractivity contribution in [2.45, 2.75) is 31.7 Å². The van der Waals surface area contributed by atoms with Gasteiger partial charge >= 0.3 is 5.97 Å². The number of rotatable bonds is 8. The number of carbonyl (C=O) groups excluding carboxylic acids is 1. The Labute approximate surface area is 165 Å². The lowest BCUT2D eigenvalue weighted by molar-refractivity contribution is -0.141. The summed E-state index contributed by atoms with van der Waals surface area (Å²) in [7, 11) is 0. The van der Waals surface area contributed by atoms with Crippen LogP contribution in [0.25, 0.3) is 0 Å². The molecule has 6 heteroatoms. The van der Waals surface area contributed by atoms with Gasteiger partial charge in [0.25, 0.3) is 0 Å². The third kappa shape index (κ3) is 7.04. The zero-order chi connectivity index (χ0) is 18.2. The quantitative estimate of drug-likeness (QED) is 0.570. The fourth-order valence-electron chi connectivity index (χ4n) is 2.47. The molecule has 25 heavy (non-hydrogen) atoms. The van der Waals surface area contributed by atoms with Gasteiger partial charge in [-0.25, -0.2) is 4.79 Å². The van der Waals surface area contributed by atoms with Crippen LogP contribution in [0.4, 0.5) is 0 Å². The molecule has 0 saturated carbocycles. The Kier molecular flexibility index (Phi) is 7.71. The molecule has 2 N–H and O–H groups in total. The van der Waals surface area contributed by atoms with Crippen LogP contribution in [0.3, 0.4) is 0 Å². The van der Waals surface area contributed by atoms with E-state index < -0.39 is 12.0 Å². The molecule has 1 atom stereocenters. The number of carboxylic acids is 1. The molecule has 0 radical (unpaired) electrons. The molecule has 4 nitrogen and oxygen atoms in total. The van der Waals surface area contributed by atoms with Crippen LogP contribution >= 0.6 is 34.2 Å². The van der Waals surface area contributed by atoms with E-state index in [0.717, 1.165) is 21.1 Å². The van der Waals surface area contributed by atoms with Crippen LogP contribution < -0.4 is 5.32 Å². The number of carbonyl (C=O) groups is 2. The van der Waals surface area contributed by atoms with Crippen LogP contribution in [0.15, 0.2) is 48.5 Å². The van der Waals surface area contributed by atoms with Crippen molar-refractivity contribution >= 4 is 46.1 Å². The number of hydrogen-bond donors (Lipinski definition) is 2. The fraction of sp³-hybridized carbons (Fsp3) is 0.263. The largest absolute Gasteiger partial charge is 0.480 e. The van der Waals surface area contributed by atoms with Crippen molar-refractivity contribution in [3.8, 4) is 0 Å². The number of benzene rings is 2. The molecular weight excluding hydrogens is 453 g/mol. The van der Waals surface area contributed by atoms with Gasteiger partial charge in [-0.15, -0.1) is 0 Å². The number of halogens is 2. The lowest BCUT2D eigenvalue weighted by atomic mass is 10.1. The third-order valence-corrected chi connectivity index (χ3v) is 4.70. The van der Waals surface area contributed by atoms with Crippen molar-refractivity contribution in [2.24, 2.45) is 0 Å². The number of nitrogens with one attached hydrogen (secondary N) is 1. The topological polar surface area (TPSA) is 66.4 Å². The van der Waals surface area contributed by atoms with E-state index in [9.17, 15) is 14.7 Å². The van der Waals surface area contributed by atoms with Crippen LogP contribution in [-0.4, -0.2) is 23.0 Å². The van der Waals surface area contributed by atoms with Gasteiger partial charge in [-0.2, -0.15) is 0 Å². The van der Waals surface area contributed by atoms with Crippen LogP contribution in [0, 0.1) is 3.57 Å². The summed E-state index contributed by atoms with van der Waals surface area (Å²) in [6, 6.07) is 14.2. The van der Waals surface area contributed by atoms with Gasteiger partial charge in [0.2, 0.25) is 5.91 Å². The zero-order valence-corrected chi connectivity index (χ0v) is 16.5. The van der Waals surface area contributed by atoms with Crippen molar-refractivity contribution in [3.63, 3.8) is 0 Å². The van der Waals surface area contributed by atoms with Gasteiger partial charge in [-0.1, -0.05) is 35.9 Å². The summed E-state index contributed by atoms with van der Waals surface area (Å²) in [4.78, 5) is 23.5.